The van der Waals surface area contributed by atoms with Gasteiger partial charge in [-0.1, -0.05) is 30.3 Å². The molecule has 1 heterocycles. The summed E-state index contributed by atoms with van der Waals surface area (Å²) >= 11 is 0. The van der Waals surface area contributed by atoms with E-state index >= 15 is 0 Å². The first-order valence-electron chi connectivity index (χ1n) is 7.10. The lowest BCUT2D eigenvalue weighted by Gasteiger charge is -2.45. The van der Waals surface area contributed by atoms with Crippen LogP contribution in [0.1, 0.15) is 32.8 Å². The Morgan fingerprint density at radius 2 is 2.00 bits per heavy atom. The predicted octanol–water partition coefficient (Wildman–Crippen LogP) is 2.69. The van der Waals surface area contributed by atoms with Gasteiger partial charge in [-0.2, -0.15) is 0 Å². The second kappa shape index (κ2) is 5.85. The van der Waals surface area contributed by atoms with Gasteiger partial charge in [-0.15, -0.1) is 0 Å². The molecular formula is C16H26N2. The van der Waals surface area contributed by atoms with Gasteiger partial charge in [0.15, 0.2) is 0 Å². The molecule has 1 aliphatic rings. The van der Waals surface area contributed by atoms with Crippen LogP contribution in [0.4, 0.5) is 0 Å². The molecule has 1 fully saturated rings. The van der Waals surface area contributed by atoms with Gasteiger partial charge in [0.05, 0.1) is 0 Å². The number of hydrogen-bond donors (Lipinski definition) is 1. The predicted molar refractivity (Wildman–Crippen MR) is 77.9 cm³/mol. The van der Waals surface area contributed by atoms with Crippen molar-refractivity contribution in [2.75, 3.05) is 19.6 Å². The highest BCUT2D eigenvalue weighted by molar-refractivity contribution is 5.14. The number of piperazine rings is 1. The molecule has 1 unspecified atom stereocenters. The van der Waals surface area contributed by atoms with E-state index in [-0.39, 0.29) is 0 Å². The maximum absolute atomic E-state index is 3.57. The lowest BCUT2D eigenvalue weighted by molar-refractivity contribution is 0.0692. The summed E-state index contributed by atoms with van der Waals surface area (Å²) in [7, 11) is 0. The molecule has 2 heteroatoms. The molecule has 18 heavy (non-hydrogen) atoms. The molecule has 100 valence electrons. The summed E-state index contributed by atoms with van der Waals surface area (Å²) in [5.74, 6) is 0. The van der Waals surface area contributed by atoms with Crippen molar-refractivity contribution in [2.45, 2.75) is 45.2 Å². The van der Waals surface area contributed by atoms with Crippen molar-refractivity contribution in [1.29, 1.82) is 0 Å². The molecule has 0 bridgehead atoms. The lowest BCUT2D eigenvalue weighted by Crippen LogP contribution is -2.61. The smallest absolute Gasteiger partial charge is 0.0278 e. The van der Waals surface area contributed by atoms with Crippen LogP contribution >= 0.6 is 0 Å². The van der Waals surface area contributed by atoms with Gasteiger partial charge in [0, 0.05) is 24.7 Å². The molecule has 0 radical (unpaired) electrons. The molecule has 2 nitrogen and oxygen atoms in total. The third-order valence-electron chi connectivity index (χ3n) is 3.97. The maximum atomic E-state index is 3.57. The van der Waals surface area contributed by atoms with E-state index in [0.29, 0.717) is 11.6 Å². The summed E-state index contributed by atoms with van der Waals surface area (Å²) in [6.07, 6.45) is 2.44. The van der Waals surface area contributed by atoms with Crippen molar-refractivity contribution >= 4 is 0 Å². The number of hydrogen-bond acceptors (Lipinski definition) is 2. The monoisotopic (exact) mass is 246 g/mol. The first-order chi connectivity index (χ1) is 8.58. The molecule has 0 saturated carbocycles. The van der Waals surface area contributed by atoms with Gasteiger partial charge in [-0.05, 0) is 45.7 Å². The van der Waals surface area contributed by atoms with Gasteiger partial charge in [-0.25, -0.2) is 0 Å². The van der Waals surface area contributed by atoms with E-state index in [9.17, 15) is 0 Å². The Kier molecular flexibility index (Phi) is 4.41. The highest BCUT2D eigenvalue weighted by Gasteiger charge is 2.31. The minimum atomic E-state index is 0.295. The summed E-state index contributed by atoms with van der Waals surface area (Å²) in [5.41, 5.74) is 1.75. The zero-order chi connectivity index (χ0) is 13.0. The van der Waals surface area contributed by atoms with Crippen LogP contribution in [-0.4, -0.2) is 36.1 Å². The minimum Gasteiger partial charge on any atom is -0.311 e. The first kappa shape index (κ1) is 13.6. The third kappa shape index (κ3) is 3.56. The van der Waals surface area contributed by atoms with Crippen LogP contribution in [0.15, 0.2) is 30.3 Å². The lowest BCUT2D eigenvalue weighted by atomic mass is 9.97. The van der Waals surface area contributed by atoms with Gasteiger partial charge in [-0.3, -0.25) is 4.90 Å². The fraction of sp³-hybridized carbons (Fsp3) is 0.625. The highest BCUT2D eigenvalue weighted by atomic mass is 15.3. The number of nitrogens with zero attached hydrogens (tertiary/aromatic N) is 1. The summed E-state index contributed by atoms with van der Waals surface area (Å²) in [5, 5.41) is 3.57. The van der Waals surface area contributed by atoms with Crippen LogP contribution < -0.4 is 5.32 Å². The minimum absolute atomic E-state index is 0.295. The van der Waals surface area contributed by atoms with E-state index in [2.05, 4.69) is 61.3 Å². The van der Waals surface area contributed by atoms with Crippen molar-refractivity contribution in [3.63, 3.8) is 0 Å². The van der Waals surface area contributed by atoms with Crippen LogP contribution in [-0.2, 0) is 6.42 Å². The Morgan fingerprint density at radius 3 is 2.72 bits per heavy atom. The van der Waals surface area contributed by atoms with Crippen LogP contribution in [0.3, 0.4) is 0 Å². The van der Waals surface area contributed by atoms with Crippen LogP contribution in [0.25, 0.3) is 0 Å². The van der Waals surface area contributed by atoms with E-state index < -0.39 is 0 Å². The molecule has 1 saturated heterocycles. The molecule has 1 aliphatic heterocycles. The Hall–Kier alpha value is -0.860. The van der Waals surface area contributed by atoms with Gasteiger partial charge in [0.2, 0.25) is 0 Å². The molecule has 0 spiro atoms. The first-order valence-corrected chi connectivity index (χ1v) is 7.10. The van der Waals surface area contributed by atoms with Crippen molar-refractivity contribution in [3.8, 4) is 0 Å². The third-order valence-corrected chi connectivity index (χ3v) is 3.97. The van der Waals surface area contributed by atoms with Crippen molar-refractivity contribution < 1.29 is 0 Å². The summed E-state index contributed by atoms with van der Waals surface area (Å²) in [6.45, 7) is 10.4. The van der Waals surface area contributed by atoms with Crippen molar-refractivity contribution in [2.24, 2.45) is 0 Å². The zero-order valence-corrected chi connectivity index (χ0v) is 11.9. The molecule has 1 aromatic rings. The van der Waals surface area contributed by atoms with E-state index in [1.165, 1.54) is 31.5 Å². The maximum Gasteiger partial charge on any atom is 0.0278 e. The number of rotatable bonds is 4. The summed E-state index contributed by atoms with van der Waals surface area (Å²) < 4.78 is 0. The van der Waals surface area contributed by atoms with Crippen LogP contribution in [0, 0.1) is 0 Å². The SMILES string of the molecule is CC1CN(CCCc2ccccc2)C(C)(C)CN1. The standard InChI is InChI=1S/C16H26N2/c1-14-12-18(16(2,3)13-17-14)11-7-10-15-8-5-4-6-9-15/h4-6,8-9,14,17H,7,10-13H2,1-3H3. The fourth-order valence-corrected chi connectivity index (χ4v) is 2.69. The highest BCUT2D eigenvalue weighted by Crippen LogP contribution is 2.19. The van der Waals surface area contributed by atoms with E-state index in [0.717, 1.165) is 6.54 Å². The Bertz CT molecular complexity index is 359. The van der Waals surface area contributed by atoms with E-state index in [4.69, 9.17) is 0 Å². The molecule has 1 N–H and O–H groups in total. The molecule has 1 aromatic carbocycles. The average molecular weight is 246 g/mol. The second-order valence-electron chi connectivity index (χ2n) is 6.13. The quantitative estimate of drug-likeness (QED) is 0.878. The molecule has 0 aromatic heterocycles. The largest absolute Gasteiger partial charge is 0.311 e. The Labute approximate surface area is 111 Å². The normalized spacial score (nSPS) is 24.1. The molecule has 0 aliphatic carbocycles. The molecule has 2 rings (SSSR count). The number of aryl methyl sites for hydroxylation is 1. The number of nitrogens with one attached hydrogen (secondary N) is 1. The van der Waals surface area contributed by atoms with Crippen molar-refractivity contribution in [1.82, 2.24) is 10.2 Å². The summed E-state index contributed by atoms with van der Waals surface area (Å²) in [6, 6.07) is 11.4. The topological polar surface area (TPSA) is 15.3 Å². The van der Waals surface area contributed by atoms with Gasteiger partial charge in [0.1, 0.15) is 0 Å². The molecule has 0 amide bonds. The summed E-state index contributed by atoms with van der Waals surface area (Å²) in [4.78, 5) is 2.64. The molecular weight excluding hydrogens is 220 g/mol. The molecule has 1 atom stereocenters. The fourth-order valence-electron chi connectivity index (χ4n) is 2.69. The Balaban J connectivity index is 1.82. The van der Waals surface area contributed by atoms with Gasteiger partial charge in [0.25, 0.3) is 0 Å². The Morgan fingerprint density at radius 1 is 1.28 bits per heavy atom. The van der Waals surface area contributed by atoms with Crippen molar-refractivity contribution in [3.05, 3.63) is 35.9 Å². The van der Waals surface area contributed by atoms with Crippen LogP contribution in [0.2, 0.25) is 0 Å². The van der Waals surface area contributed by atoms with Crippen LogP contribution in [0.5, 0.6) is 0 Å². The van der Waals surface area contributed by atoms with Gasteiger partial charge >= 0.3 is 0 Å². The van der Waals surface area contributed by atoms with Gasteiger partial charge < -0.3 is 5.32 Å². The second-order valence-corrected chi connectivity index (χ2v) is 6.13. The average Bonchev–Trinajstić information content (AvgIpc) is 2.35. The number of benzene rings is 1. The zero-order valence-electron chi connectivity index (χ0n) is 11.9. The van der Waals surface area contributed by atoms with E-state index in [1.807, 2.05) is 0 Å². The van der Waals surface area contributed by atoms with E-state index in [1.54, 1.807) is 0 Å².